The van der Waals surface area contributed by atoms with Crippen molar-refractivity contribution in [1.82, 2.24) is 4.98 Å². The Hall–Kier alpha value is -1.02. The molecule has 0 aliphatic heterocycles. The van der Waals surface area contributed by atoms with Crippen molar-refractivity contribution in [2.45, 2.75) is 38.5 Å². The Balaban J connectivity index is 2.26. The zero-order chi connectivity index (χ0) is 12.5. The predicted octanol–water partition coefficient (Wildman–Crippen LogP) is 4.87. The molecule has 0 aliphatic carbocycles. The van der Waals surface area contributed by atoms with Crippen molar-refractivity contribution >= 4 is 11.8 Å². The molecule has 0 unspecified atom stereocenters. The van der Waals surface area contributed by atoms with Gasteiger partial charge < -0.3 is 0 Å². The van der Waals surface area contributed by atoms with Crippen molar-refractivity contribution in [3.05, 3.63) is 47.8 Å². The molecule has 0 bridgehead atoms. The van der Waals surface area contributed by atoms with Gasteiger partial charge in [0.15, 0.2) is 0 Å². The van der Waals surface area contributed by atoms with E-state index in [-0.39, 0.29) is 0 Å². The van der Waals surface area contributed by atoms with Gasteiger partial charge in [-0.15, -0.1) is 11.8 Å². The highest BCUT2D eigenvalue weighted by molar-refractivity contribution is 7.99. The molecule has 1 rings (SSSR count). The molecule has 92 valence electrons. The predicted molar refractivity (Wildman–Crippen MR) is 77.4 cm³/mol. The van der Waals surface area contributed by atoms with Crippen molar-refractivity contribution in [3.8, 4) is 0 Å². The van der Waals surface area contributed by atoms with Crippen LogP contribution in [0, 0.1) is 0 Å². The van der Waals surface area contributed by atoms with Crippen LogP contribution in [0.15, 0.2) is 52.7 Å². The van der Waals surface area contributed by atoms with E-state index in [4.69, 9.17) is 0 Å². The molecular formula is C15H21NS. The summed E-state index contributed by atoms with van der Waals surface area (Å²) in [5.74, 6) is 1.05. The third-order valence-corrected chi connectivity index (χ3v) is 3.36. The summed E-state index contributed by atoms with van der Waals surface area (Å²) in [4.78, 5) is 5.30. The summed E-state index contributed by atoms with van der Waals surface area (Å²) >= 11 is 1.86. The van der Waals surface area contributed by atoms with Crippen LogP contribution in [0.25, 0.3) is 0 Å². The third-order valence-electron chi connectivity index (χ3n) is 2.42. The van der Waals surface area contributed by atoms with E-state index in [1.165, 1.54) is 22.5 Å². The fraction of sp³-hybridized carbons (Fsp3) is 0.400. The van der Waals surface area contributed by atoms with Gasteiger partial charge in [-0.1, -0.05) is 23.3 Å². The summed E-state index contributed by atoms with van der Waals surface area (Å²) in [5, 5.41) is 0. The van der Waals surface area contributed by atoms with E-state index in [1.807, 2.05) is 24.2 Å². The highest BCUT2D eigenvalue weighted by Gasteiger charge is 1.92. The molecule has 0 saturated heterocycles. The second-order valence-electron chi connectivity index (χ2n) is 4.36. The molecule has 0 atom stereocenters. The molecule has 0 aliphatic rings. The van der Waals surface area contributed by atoms with Crippen LogP contribution < -0.4 is 0 Å². The minimum atomic E-state index is 1.05. The number of nitrogens with zero attached hydrogens (tertiary/aromatic N) is 1. The van der Waals surface area contributed by atoms with Gasteiger partial charge in [-0.2, -0.15) is 0 Å². The first-order chi connectivity index (χ1) is 8.18. The van der Waals surface area contributed by atoms with E-state index in [2.05, 4.69) is 50.0 Å². The maximum atomic E-state index is 4.01. The lowest BCUT2D eigenvalue weighted by Gasteiger charge is -2.00. The van der Waals surface area contributed by atoms with Crippen molar-refractivity contribution in [2.24, 2.45) is 0 Å². The minimum absolute atomic E-state index is 1.05. The van der Waals surface area contributed by atoms with E-state index in [1.54, 1.807) is 0 Å². The van der Waals surface area contributed by atoms with Crippen LogP contribution in [-0.2, 0) is 0 Å². The van der Waals surface area contributed by atoms with E-state index in [9.17, 15) is 0 Å². The van der Waals surface area contributed by atoms with Gasteiger partial charge >= 0.3 is 0 Å². The lowest BCUT2D eigenvalue weighted by atomic mass is 10.1. The molecule has 0 fully saturated rings. The first kappa shape index (κ1) is 14.0. The Labute approximate surface area is 109 Å². The average Bonchev–Trinajstić information content (AvgIpc) is 2.30. The topological polar surface area (TPSA) is 12.9 Å². The molecule has 0 spiro atoms. The fourth-order valence-corrected chi connectivity index (χ4v) is 2.28. The Morgan fingerprint density at radius 1 is 1.18 bits per heavy atom. The smallest absolute Gasteiger partial charge is 0.0278 e. The lowest BCUT2D eigenvalue weighted by Crippen LogP contribution is -1.80. The molecule has 1 nitrogen and oxygen atoms in total. The Morgan fingerprint density at radius 2 is 1.88 bits per heavy atom. The standard InChI is InChI=1S/C15H21NS/c1-13(2)5-4-6-14(3)9-12-17-15-7-10-16-11-8-15/h5,7-11H,4,6,12H2,1-3H3/b14-9+. The van der Waals surface area contributed by atoms with Gasteiger partial charge in [-0.05, 0) is 45.7 Å². The van der Waals surface area contributed by atoms with Crippen LogP contribution in [0.2, 0.25) is 0 Å². The zero-order valence-corrected chi connectivity index (χ0v) is 11.8. The Morgan fingerprint density at radius 3 is 2.53 bits per heavy atom. The second kappa shape index (κ2) is 8.13. The van der Waals surface area contributed by atoms with Gasteiger partial charge in [0.1, 0.15) is 0 Å². The molecule has 1 aromatic heterocycles. The number of hydrogen-bond donors (Lipinski definition) is 0. The Bertz CT molecular complexity index is 375. The highest BCUT2D eigenvalue weighted by Crippen LogP contribution is 2.17. The number of rotatable bonds is 6. The molecular weight excluding hydrogens is 226 g/mol. The van der Waals surface area contributed by atoms with Crippen molar-refractivity contribution in [1.29, 1.82) is 0 Å². The quantitative estimate of drug-likeness (QED) is 0.525. The monoisotopic (exact) mass is 247 g/mol. The maximum absolute atomic E-state index is 4.01. The maximum Gasteiger partial charge on any atom is 0.0278 e. The molecule has 0 saturated carbocycles. The van der Waals surface area contributed by atoms with Gasteiger partial charge in [-0.3, -0.25) is 4.98 Å². The lowest BCUT2D eigenvalue weighted by molar-refractivity contribution is 0.964. The van der Waals surface area contributed by atoms with Crippen LogP contribution in [0.5, 0.6) is 0 Å². The Kier molecular flexibility index (Phi) is 6.71. The van der Waals surface area contributed by atoms with E-state index >= 15 is 0 Å². The molecule has 0 aromatic carbocycles. The van der Waals surface area contributed by atoms with Crippen LogP contribution in [-0.4, -0.2) is 10.7 Å². The van der Waals surface area contributed by atoms with Crippen molar-refractivity contribution < 1.29 is 0 Å². The second-order valence-corrected chi connectivity index (χ2v) is 5.46. The van der Waals surface area contributed by atoms with Gasteiger partial charge in [0.25, 0.3) is 0 Å². The minimum Gasteiger partial charge on any atom is -0.265 e. The zero-order valence-electron chi connectivity index (χ0n) is 10.9. The first-order valence-corrected chi connectivity index (χ1v) is 6.99. The molecule has 0 amide bonds. The summed E-state index contributed by atoms with van der Waals surface area (Å²) in [6.07, 6.45) is 10.6. The summed E-state index contributed by atoms with van der Waals surface area (Å²) < 4.78 is 0. The number of aromatic nitrogens is 1. The molecule has 0 radical (unpaired) electrons. The van der Waals surface area contributed by atoms with E-state index in [0.29, 0.717) is 0 Å². The fourth-order valence-electron chi connectivity index (χ4n) is 1.41. The molecule has 1 heterocycles. The van der Waals surface area contributed by atoms with Crippen LogP contribution in [0.4, 0.5) is 0 Å². The third kappa shape index (κ3) is 7.01. The molecule has 1 aromatic rings. The summed E-state index contributed by atoms with van der Waals surface area (Å²) in [6, 6.07) is 4.11. The normalized spacial score (nSPS) is 11.4. The van der Waals surface area contributed by atoms with Crippen molar-refractivity contribution in [2.75, 3.05) is 5.75 Å². The number of allylic oxidation sites excluding steroid dienone is 3. The number of thioether (sulfide) groups is 1. The van der Waals surface area contributed by atoms with Crippen LogP contribution >= 0.6 is 11.8 Å². The highest BCUT2D eigenvalue weighted by atomic mass is 32.2. The van der Waals surface area contributed by atoms with Gasteiger partial charge in [0.2, 0.25) is 0 Å². The van der Waals surface area contributed by atoms with Crippen LogP contribution in [0.1, 0.15) is 33.6 Å². The SMILES string of the molecule is CC(C)=CCC/C(C)=C/CSc1ccncc1. The van der Waals surface area contributed by atoms with Crippen LogP contribution in [0.3, 0.4) is 0 Å². The first-order valence-electron chi connectivity index (χ1n) is 6.00. The van der Waals surface area contributed by atoms with Gasteiger partial charge in [0, 0.05) is 23.0 Å². The van der Waals surface area contributed by atoms with Gasteiger partial charge in [0.05, 0.1) is 0 Å². The summed E-state index contributed by atoms with van der Waals surface area (Å²) in [5.41, 5.74) is 2.88. The number of pyridine rings is 1. The van der Waals surface area contributed by atoms with Gasteiger partial charge in [-0.25, -0.2) is 0 Å². The largest absolute Gasteiger partial charge is 0.265 e. The number of hydrogen-bond acceptors (Lipinski definition) is 2. The van der Waals surface area contributed by atoms with E-state index < -0.39 is 0 Å². The average molecular weight is 247 g/mol. The summed E-state index contributed by atoms with van der Waals surface area (Å²) in [7, 11) is 0. The van der Waals surface area contributed by atoms with E-state index in [0.717, 1.165) is 12.2 Å². The molecule has 2 heteroatoms. The molecule has 17 heavy (non-hydrogen) atoms. The van der Waals surface area contributed by atoms with Crippen molar-refractivity contribution in [3.63, 3.8) is 0 Å². The molecule has 0 N–H and O–H groups in total. The summed E-state index contributed by atoms with van der Waals surface area (Å²) in [6.45, 7) is 6.52.